The van der Waals surface area contributed by atoms with E-state index in [1.807, 2.05) is 18.5 Å². The van der Waals surface area contributed by atoms with Crippen molar-refractivity contribution in [3.8, 4) is 0 Å². The summed E-state index contributed by atoms with van der Waals surface area (Å²) in [4.78, 5) is 4.21. The van der Waals surface area contributed by atoms with Crippen LogP contribution >= 0.6 is 24.8 Å². The molecule has 0 aromatic carbocycles. The number of rotatable bonds is 4. The molecule has 1 atom stereocenters. The number of hydrogen-bond donors (Lipinski definition) is 1. The normalized spacial score (nSPS) is 36.3. The molecule has 1 unspecified atom stereocenters. The lowest BCUT2D eigenvalue weighted by molar-refractivity contribution is -0.0706. The molecule has 2 nitrogen and oxygen atoms in total. The third-order valence-corrected chi connectivity index (χ3v) is 6.34. The smallest absolute Gasteiger partial charge is 0.0312 e. The predicted octanol–water partition coefficient (Wildman–Crippen LogP) is 4.62. The van der Waals surface area contributed by atoms with Gasteiger partial charge in [0.05, 0.1) is 0 Å². The maximum atomic E-state index is 4.21. The number of aromatic nitrogens is 1. The van der Waals surface area contributed by atoms with E-state index in [0.29, 0.717) is 11.5 Å². The molecule has 4 fully saturated rings. The lowest BCUT2D eigenvalue weighted by Gasteiger charge is -2.59. The molecule has 0 aliphatic heterocycles. The lowest BCUT2D eigenvalue weighted by atomic mass is 9.48. The predicted molar refractivity (Wildman–Crippen MR) is 95.6 cm³/mol. The van der Waals surface area contributed by atoms with Gasteiger partial charge in [-0.2, -0.15) is 0 Å². The fourth-order valence-electron chi connectivity index (χ4n) is 5.70. The molecule has 1 aromatic heterocycles. The molecule has 0 amide bonds. The van der Waals surface area contributed by atoms with Crippen molar-refractivity contribution in [2.45, 2.75) is 58.0 Å². The Morgan fingerprint density at radius 2 is 1.73 bits per heavy atom. The van der Waals surface area contributed by atoms with Crippen LogP contribution in [0.5, 0.6) is 0 Å². The van der Waals surface area contributed by atoms with E-state index in [4.69, 9.17) is 0 Å². The molecule has 1 aromatic rings. The van der Waals surface area contributed by atoms with Gasteiger partial charge in [-0.25, -0.2) is 0 Å². The highest BCUT2D eigenvalue weighted by molar-refractivity contribution is 5.85. The topological polar surface area (TPSA) is 24.9 Å². The van der Waals surface area contributed by atoms with Crippen LogP contribution in [0, 0.1) is 23.2 Å². The molecule has 4 heteroatoms. The highest BCUT2D eigenvalue weighted by Gasteiger charge is 2.52. The first kappa shape index (κ1) is 18.0. The van der Waals surface area contributed by atoms with Gasteiger partial charge in [0.2, 0.25) is 0 Å². The molecule has 5 rings (SSSR count). The maximum Gasteiger partial charge on any atom is 0.0312 e. The second kappa shape index (κ2) is 7.07. The zero-order valence-electron chi connectivity index (χ0n) is 13.3. The zero-order valence-corrected chi connectivity index (χ0v) is 15.0. The number of nitrogens with zero attached hydrogens (tertiary/aromatic N) is 1. The van der Waals surface area contributed by atoms with Crippen molar-refractivity contribution in [2.24, 2.45) is 23.2 Å². The fourth-order valence-corrected chi connectivity index (χ4v) is 5.70. The molecule has 4 aliphatic carbocycles. The van der Waals surface area contributed by atoms with Gasteiger partial charge in [0.25, 0.3) is 0 Å². The van der Waals surface area contributed by atoms with Gasteiger partial charge < -0.3 is 5.32 Å². The van der Waals surface area contributed by atoms with Crippen LogP contribution in [-0.2, 0) is 6.54 Å². The van der Waals surface area contributed by atoms with E-state index in [0.717, 1.165) is 24.3 Å². The molecule has 1 heterocycles. The van der Waals surface area contributed by atoms with Crippen molar-refractivity contribution >= 4 is 24.8 Å². The first-order valence-electron chi connectivity index (χ1n) is 8.36. The van der Waals surface area contributed by atoms with E-state index >= 15 is 0 Å². The number of nitrogens with one attached hydrogen (secondary N) is 1. The van der Waals surface area contributed by atoms with Crippen LogP contribution in [0.25, 0.3) is 0 Å². The summed E-state index contributed by atoms with van der Waals surface area (Å²) < 4.78 is 0. The zero-order chi connectivity index (χ0) is 13.6. The van der Waals surface area contributed by atoms with E-state index in [1.165, 1.54) is 44.1 Å². The van der Waals surface area contributed by atoms with Crippen molar-refractivity contribution in [3.05, 3.63) is 30.1 Å². The van der Waals surface area contributed by atoms with Crippen LogP contribution < -0.4 is 5.32 Å². The molecule has 4 bridgehead atoms. The Balaban J connectivity index is 0.000000882. The largest absolute Gasteiger partial charge is 0.310 e. The number of pyridine rings is 1. The van der Waals surface area contributed by atoms with E-state index < -0.39 is 0 Å². The van der Waals surface area contributed by atoms with Crippen molar-refractivity contribution in [1.82, 2.24) is 10.3 Å². The van der Waals surface area contributed by atoms with Crippen LogP contribution in [0.1, 0.15) is 51.0 Å². The van der Waals surface area contributed by atoms with Gasteiger partial charge in [0.15, 0.2) is 0 Å². The first-order valence-corrected chi connectivity index (χ1v) is 8.36. The third kappa shape index (κ3) is 3.29. The Morgan fingerprint density at radius 1 is 1.14 bits per heavy atom. The van der Waals surface area contributed by atoms with Gasteiger partial charge in [0, 0.05) is 25.0 Å². The molecule has 0 saturated heterocycles. The van der Waals surface area contributed by atoms with E-state index in [2.05, 4.69) is 23.3 Å². The highest BCUT2D eigenvalue weighted by Crippen LogP contribution is 2.61. The van der Waals surface area contributed by atoms with Gasteiger partial charge in [-0.1, -0.05) is 6.07 Å². The molecule has 1 N–H and O–H groups in total. The number of hydrogen-bond acceptors (Lipinski definition) is 2. The van der Waals surface area contributed by atoms with Crippen LogP contribution in [0.15, 0.2) is 24.5 Å². The van der Waals surface area contributed by atoms with Gasteiger partial charge in [0.1, 0.15) is 0 Å². The summed E-state index contributed by atoms with van der Waals surface area (Å²) in [6, 6.07) is 4.86. The quantitative estimate of drug-likeness (QED) is 0.863. The van der Waals surface area contributed by atoms with Gasteiger partial charge in [-0.15, -0.1) is 24.8 Å². The average molecular weight is 343 g/mol. The average Bonchev–Trinajstić information content (AvgIpc) is 2.44. The highest BCUT2D eigenvalue weighted by atomic mass is 35.5. The SMILES string of the molecule is CC(NCc1cccnc1)C12CC3CC(CC(C3)C1)C2.Cl.Cl. The monoisotopic (exact) mass is 342 g/mol. The number of halogens is 2. The summed E-state index contributed by atoms with van der Waals surface area (Å²) >= 11 is 0. The molecule has 124 valence electrons. The fraction of sp³-hybridized carbons (Fsp3) is 0.722. The molecule has 0 radical (unpaired) electrons. The molecule has 4 saturated carbocycles. The van der Waals surface area contributed by atoms with Crippen LogP contribution in [-0.4, -0.2) is 11.0 Å². The molecular formula is C18H28Cl2N2. The first-order chi connectivity index (χ1) is 9.73. The second-order valence-corrected chi connectivity index (χ2v) is 7.74. The Hall–Kier alpha value is -0.310. The Labute approximate surface area is 146 Å². The van der Waals surface area contributed by atoms with Crippen molar-refractivity contribution in [1.29, 1.82) is 0 Å². The summed E-state index contributed by atoms with van der Waals surface area (Å²) in [5, 5.41) is 3.82. The summed E-state index contributed by atoms with van der Waals surface area (Å²) in [6.07, 6.45) is 12.9. The minimum absolute atomic E-state index is 0. The van der Waals surface area contributed by atoms with Crippen LogP contribution in [0.3, 0.4) is 0 Å². The maximum absolute atomic E-state index is 4.21. The van der Waals surface area contributed by atoms with Crippen LogP contribution in [0.2, 0.25) is 0 Å². The molecule has 0 spiro atoms. The molecule has 22 heavy (non-hydrogen) atoms. The van der Waals surface area contributed by atoms with Crippen molar-refractivity contribution in [3.63, 3.8) is 0 Å². The van der Waals surface area contributed by atoms with Gasteiger partial charge in [-0.3, -0.25) is 4.98 Å². The van der Waals surface area contributed by atoms with Crippen molar-refractivity contribution < 1.29 is 0 Å². The van der Waals surface area contributed by atoms with Crippen LogP contribution in [0.4, 0.5) is 0 Å². The Kier molecular flexibility index (Phi) is 5.79. The third-order valence-electron chi connectivity index (χ3n) is 6.34. The van der Waals surface area contributed by atoms with Crippen molar-refractivity contribution in [2.75, 3.05) is 0 Å². The summed E-state index contributed by atoms with van der Waals surface area (Å²) in [7, 11) is 0. The van der Waals surface area contributed by atoms with E-state index in [1.54, 1.807) is 0 Å². The molecule has 4 aliphatic rings. The summed E-state index contributed by atoms with van der Waals surface area (Å²) in [5.74, 6) is 3.14. The summed E-state index contributed by atoms with van der Waals surface area (Å²) in [6.45, 7) is 3.40. The minimum Gasteiger partial charge on any atom is -0.310 e. The summed E-state index contributed by atoms with van der Waals surface area (Å²) in [5.41, 5.74) is 1.92. The molecular weight excluding hydrogens is 315 g/mol. The van der Waals surface area contributed by atoms with E-state index in [-0.39, 0.29) is 24.8 Å². The second-order valence-electron chi connectivity index (χ2n) is 7.74. The van der Waals surface area contributed by atoms with Gasteiger partial charge in [-0.05, 0) is 80.2 Å². The minimum atomic E-state index is 0. The Bertz CT molecular complexity index is 442. The Morgan fingerprint density at radius 3 is 2.23 bits per heavy atom. The van der Waals surface area contributed by atoms with Gasteiger partial charge >= 0.3 is 0 Å². The van der Waals surface area contributed by atoms with E-state index in [9.17, 15) is 0 Å². The standard InChI is InChI=1S/C18H26N2.2ClH/c1-13(20-12-14-3-2-4-19-11-14)18-8-15-5-16(9-18)7-17(6-15)10-18;;/h2-4,11,13,15-17,20H,5-10,12H2,1H3;2*1H. The lowest BCUT2D eigenvalue weighted by Crippen LogP contribution is -2.54.